The molecule has 0 aromatic carbocycles. The highest BCUT2D eigenvalue weighted by Gasteiger charge is 2.35. The van der Waals surface area contributed by atoms with Crippen LogP contribution in [0.5, 0.6) is 0 Å². The summed E-state index contributed by atoms with van der Waals surface area (Å²) >= 11 is 1.19. The average molecular weight is 440 g/mol. The summed E-state index contributed by atoms with van der Waals surface area (Å²) in [6.07, 6.45) is 6.69. The second kappa shape index (κ2) is 8.73. The molecule has 0 unspecified atom stereocenters. The van der Waals surface area contributed by atoms with Crippen LogP contribution in [0, 0.1) is 5.92 Å². The molecule has 7 nitrogen and oxygen atoms in total. The fourth-order valence-electron chi connectivity index (χ4n) is 4.09. The number of likely N-dealkylation sites (tertiary alicyclic amines) is 1. The highest BCUT2D eigenvalue weighted by molar-refractivity contribution is 7.91. The highest BCUT2D eigenvalue weighted by Crippen LogP contribution is 2.32. The van der Waals surface area contributed by atoms with Crippen LogP contribution in [-0.2, 0) is 26.0 Å². The van der Waals surface area contributed by atoms with Gasteiger partial charge in [-0.2, -0.15) is 4.31 Å². The number of rotatable bonds is 6. The lowest BCUT2D eigenvalue weighted by Gasteiger charge is -2.32. The third kappa shape index (κ3) is 5.00. The zero-order chi connectivity index (χ0) is 20.4. The average Bonchev–Trinajstić information content (AvgIpc) is 3.47. The molecule has 9 heteroatoms. The van der Waals surface area contributed by atoms with Gasteiger partial charge in [-0.3, -0.25) is 9.59 Å². The van der Waals surface area contributed by atoms with E-state index in [4.69, 9.17) is 0 Å². The van der Waals surface area contributed by atoms with Gasteiger partial charge in [0.25, 0.3) is 10.0 Å². The third-order valence-corrected chi connectivity index (χ3v) is 9.43. The quantitative estimate of drug-likeness (QED) is 0.734. The van der Waals surface area contributed by atoms with Crippen LogP contribution in [0.4, 0.5) is 0 Å². The van der Waals surface area contributed by atoms with E-state index in [-0.39, 0.29) is 30.2 Å². The van der Waals surface area contributed by atoms with Crippen LogP contribution in [0.2, 0.25) is 0 Å². The van der Waals surface area contributed by atoms with Gasteiger partial charge in [-0.1, -0.05) is 6.42 Å². The molecule has 1 aliphatic carbocycles. The molecule has 3 fully saturated rings. The molecule has 0 atom stereocenters. The maximum Gasteiger partial charge on any atom is 0.252 e. The van der Waals surface area contributed by atoms with Gasteiger partial charge in [-0.05, 0) is 50.7 Å². The first-order chi connectivity index (χ1) is 13.9. The van der Waals surface area contributed by atoms with Crippen LogP contribution in [0.15, 0.2) is 16.3 Å². The van der Waals surface area contributed by atoms with Gasteiger partial charge >= 0.3 is 0 Å². The van der Waals surface area contributed by atoms with Crippen molar-refractivity contribution in [2.75, 3.05) is 26.2 Å². The van der Waals surface area contributed by atoms with Gasteiger partial charge in [-0.15, -0.1) is 11.3 Å². The van der Waals surface area contributed by atoms with E-state index < -0.39 is 10.0 Å². The van der Waals surface area contributed by atoms with Crippen LogP contribution in [0.3, 0.4) is 0 Å². The number of hydrogen-bond acceptors (Lipinski definition) is 5. The molecule has 1 saturated carbocycles. The Labute approximate surface area is 176 Å². The lowest BCUT2D eigenvalue weighted by atomic mass is 10.0. The minimum atomic E-state index is -3.44. The first-order valence-electron chi connectivity index (χ1n) is 10.6. The standard InChI is InChI=1S/C20H29N3O4S2/c24-18(21-16-8-12-22(13-9-16)20(25)15-4-5-15)14-17-6-7-19(28-17)29(26,27)23-10-2-1-3-11-23/h6-7,15-16H,1-5,8-14H2,(H,21,24). The summed E-state index contributed by atoms with van der Waals surface area (Å²) in [6.45, 7) is 2.57. The number of piperidine rings is 2. The number of nitrogens with one attached hydrogen (secondary N) is 1. The van der Waals surface area contributed by atoms with Crippen molar-refractivity contribution in [1.29, 1.82) is 0 Å². The van der Waals surface area contributed by atoms with Crippen molar-refractivity contribution < 1.29 is 18.0 Å². The van der Waals surface area contributed by atoms with Gasteiger partial charge in [0, 0.05) is 43.0 Å². The first-order valence-corrected chi connectivity index (χ1v) is 12.9. The summed E-state index contributed by atoms with van der Waals surface area (Å²) in [5, 5.41) is 3.05. The molecule has 4 rings (SSSR count). The highest BCUT2D eigenvalue weighted by atomic mass is 32.2. The van der Waals surface area contributed by atoms with Gasteiger partial charge in [-0.25, -0.2) is 8.42 Å². The Morgan fingerprint density at radius 2 is 1.69 bits per heavy atom. The van der Waals surface area contributed by atoms with Crippen molar-refractivity contribution in [2.45, 2.75) is 61.6 Å². The van der Waals surface area contributed by atoms with E-state index in [0.717, 1.165) is 49.8 Å². The Kier molecular flexibility index (Phi) is 6.27. The summed E-state index contributed by atoms with van der Waals surface area (Å²) < 4.78 is 27.4. The lowest BCUT2D eigenvalue weighted by molar-refractivity contribution is -0.133. The molecule has 1 aromatic heterocycles. The van der Waals surface area contributed by atoms with E-state index in [1.165, 1.54) is 11.3 Å². The van der Waals surface area contributed by atoms with Crippen molar-refractivity contribution in [1.82, 2.24) is 14.5 Å². The van der Waals surface area contributed by atoms with Gasteiger partial charge in [0.15, 0.2) is 0 Å². The van der Waals surface area contributed by atoms with Gasteiger partial charge < -0.3 is 10.2 Å². The van der Waals surface area contributed by atoms with Crippen molar-refractivity contribution in [3.05, 3.63) is 17.0 Å². The van der Waals surface area contributed by atoms with Crippen molar-refractivity contribution >= 4 is 33.2 Å². The molecule has 3 aliphatic rings. The number of thiophene rings is 1. The largest absolute Gasteiger partial charge is 0.353 e. The second-order valence-corrected chi connectivity index (χ2v) is 11.6. The van der Waals surface area contributed by atoms with Crippen LogP contribution >= 0.6 is 11.3 Å². The van der Waals surface area contributed by atoms with Crippen LogP contribution in [0.1, 0.15) is 49.8 Å². The molecule has 160 valence electrons. The molecular weight excluding hydrogens is 410 g/mol. The molecule has 1 N–H and O–H groups in total. The summed E-state index contributed by atoms with van der Waals surface area (Å²) in [5.74, 6) is 0.437. The number of carbonyl (C=O) groups is 2. The Balaban J connectivity index is 1.26. The molecule has 2 aliphatic heterocycles. The molecule has 0 bridgehead atoms. The SMILES string of the molecule is O=C(Cc1ccc(S(=O)(=O)N2CCCCC2)s1)NC1CCN(C(=O)C2CC2)CC1. The molecular formula is C20H29N3O4S2. The van der Waals surface area contributed by atoms with Crippen molar-refractivity contribution in [3.8, 4) is 0 Å². The Morgan fingerprint density at radius 3 is 2.34 bits per heavy atom. The zero-order valence-electron chi connectivity index (χ0n) is 16.6. The van der Waals surface area contributed by atoms with Crippen molar-refractivity contribution in [2.24, 2.45) is 5.92 Å². The fraction of sp³-hybridized carbons (Fsp3) is 0.700. The van der Waals surface area contributed by atoms with E-state index in [0.29, 0.717) is 30.4 Å². The van der Waals surface area contributed by atoms with Gasteiger partial charge in [0.05, 0.1) is 6.42 Å². The van der Waals surface area contributed by atoms with E-state index in [1.807, 2.05) is 4.90 Å². The second-order valence-electron chi connectivity index (χ2n) is 8.30. The molecule has 1 aromatic rings. The predicted octanol–water partition coefficient (Wildman–Crippen LogP) is 1.98. The van der Waals surface area contributed by atoms with Gasteiger partial charge in [0.1, 0.15) is 4.21 Å². The number of hydrogen-bond donors (Lipinski definition) is 1. The Bertz CT molecular complexity index is 849. The topological polar surface area (TPSA) is 86.8 Å². The lowest BCUT2D eigenvalue weighted by Crippen LogP contribution is -2.47. The van der Waals surface area contributed by atoms with E-state index in [1.54, 1.807) is 16.4 Å². The fourth-order valence-corrected chi connectivity index (χ4v) is 7.12. The third-order valence-electron chi connectivity index (χ3n) is 5.98. The summed E-state index contributed by atoms with van der Waals surface area (Å²) in [6, 6.07) is 3.46. The minimum Gasteiger partial charge on any atom is -0.353 e. The zero-order valence-corrected chi connectivity index (χ0v) is 18.3. The molecule has 0 spiro atoms. The molecule has 0 radical (unpaired) electrons. The summed E-state index contributed by atoms with van der Waals surface area (Å²) in [4.78, 5) is 27.2. The predicted molar refractivity (Wildman–Crippen MR) is 111 cm³/mol. The number of carbonyl (C=O) groups excluding carboxylic acids is 2. The normalized spacial score (nSPS) is 21.9. The molecule has 2 amide bonds. The Hall–Kier alpha value is -1.45. The van der Waals surface area contributed by atoms with E-state index in [2.05, 4.69) is 5.32 Å². The molecule has 29 heavy (non-hydrogen) atoms. The summed E-state index contributed by atoms with van der Waals surface area (Å²) in [5.41, 5.74) is 0. The monoisotopic (exact) mass is 439 g/mol. The summed E-state index contributed by atoms with van der Waals surface area (Å²) in [7, 11) is -3.44. The van der Waals surface area contributed by atoms with E-state index in [9.17, 15) is 18.0 Å². The maximum atomic E-state index is 12.7. The van der Waals surface area contributed by atoms with Crippen LogP contribution < -0.4 is 5.32 Å². The number of amides is 2. The van der Waals surface area contributed by atoms with Crippen LogP contribution in [-0.4, -0.2) is 61.7 Å². The van der Waals surface area contributed by atoms with E-state index >= 15 is 0 Å². The first kappa shape index (κ1) is 20.8. The molecule has 2 saturated heterocycles. The number of nitrogens with zero attached hydrogens (tertiary/aromatic N) is 2. The van der Waals surface area contributed by atoms with Crippen molar-refractivity contribution in [3.63, 3.8) is 0 Å². The number of sulfonamides is 1. The molecule has 3 heterocycles. The Morgan fingerprint density at radius 1 is 1.00 bits per heavy atom. The van der Waals surface area contributed by atoms with Crippen LogP contribution in [0.25, 0.3) is 0 Å². The minimum absolute atomic E-state index is 0.0826. The maximum absolute atomic E-state index is 12.7. The smallest absolute Gasteiger partial charge is 0.252 e. The van der Waals surface area contributed by atoms with Gasteiger partial charge in [0.2, 0.25) is 11.8 Å².